The molecule has 5 heteroatoms. The number of quaternary nitrogens is 1. The number of benzene rings is 1. The second-order valence-corrected chi connectivity index (χ2v) is 4.49. The van der Waals surface area contributed by atoms with E-state index in [1.54, 1.807) is 12.1 Å². The number of nitrogens with two attached hydrogens (primary N) is 1. The van der Waals surface area contributed by atoms with Crippen LogP contribution in [0.15, 0.2) is 24.3 Å². The first-order chi connectivity index (χ1) is 6.01. The first-order valence-corrected chi connectivity index (χ1v) is 5.60. The van der Waals surface area contributed by atoms with Crippen LogP contribution in [0.2, 0.25) is 0 Å². The van der Waals surface area contributed by atoms with Gasteiger partial charge in [0, 0.05) is 5.56 Å². The molecule has 0 heterocycles. The monoisotopic (exact) mass is 201 g/mol. The Kier molecular flexibility index (Phi) is 3.02. The average Bonchev–Trinajstić information content (AvgIpc) is 2.03. The summed E-state index contributed by atoms with van der Waals surface area (Å²) in [6, 6.07) is 7.22. The fourth-order valence-corrected chi connectivity index (χ4v) is 1.69. The van der Waals surface area contributed by atoms with Gasteiger partial charge in [0.1, 0.15) is 0 Å². The lowest BCUT2D eigenvalue weighted by atomic mass is 10.1. The smallest absolute Gasteiger partial charge is 0.213 e. The van der Waals surface area contributed by atoms with Crippen molar-refractivity contribution in [2.24, 2.45) is 5.14 Å². The van der Waals surface area contributed by atoms with Crippen molar-refractivity contribution in [2.75, 3.05) is 0 Å². The number of sulfonamides is 1. The number of rotatable bonds is 3. The third-order valence-corrected chi connectivity index (χ3v) is 2.42. The van der Waals surface area contributed by atoms with Crippen LogP contribution in [0.3, 0.4) is 0 Å². The van der Waals surface area contributed by atoms with E-state index in [-0.39, 0.29) is 5.75 Å². The van der Waals surface area contributed by atoms with Crippen molar-refractivity contribution < 1.29 is 14.2 Å². The Morgan fingerprint density at radius 1 is 1.15 bits per heavy atom. The molecule has 72 valence electrons. The summed E-state index contributed by atoms with van der Waals surface area (Å²) >= 11 is 0. The highest BCUT2D eigenvalue weighted by molar-refractivity contribution is 7.88. The van der Waals surface area contributed by atoms with Gasteiger partial charge in [-0.25, -0.2) is 13.6 Å². The Bertz CT molecular complexity index is 370. The number of hydrogen-bond acceptors (Lipinski definition) is 2. The topological polar surface area (TPSA) is 87.8 Å². The van der Waals surface area contributed by atoms with Gasteiger partial charge in [0.05, 0.1) is 12.3 Å². The molecule has 0 aromatic heterocycles. The SMILES string of the molecule is NS(=O)(=O)Cc1ccc(C[NH3+])cc1. The van der Waals surface area contributed by atoms with Gasteiger partial charge in [-0.15, -0.1) is 0 Å². The predicted molar refractivity (Wildman–Crippen MR) is 49.8 cm³/mol. The molecule has 0 fully saturated rings. The first-order valence-electron chi connectivity index (χ1n) is 3.89. The standard InChI is InChI=1S/C8H12N2O2S/c9-5-7-1-3-8(4-2-7)6-13(10,11)12/h1-4H,5-6,9H2,(H2,10,11,12)/p+1. The van der Waals surface area contributed by atoms with Crippen LogP contribution in [0.1, 0.15) is 11.1 Å². The van der Waals surface area contributed by atoms with E-state index in [1.807, 2.05) is 12.1 Å². The number of hydrogen-bond donors (Lipinski definition) is 2. The summed E-state index contributed by atoms with van der Waals surface area (Å²) in [4.78, 5) is 0. The summed E-state index contributed by atoms with van der Waals surface area (Å²) in [6.45, 7) is 0.704. The van der Waals surface area contributed by atoms with Gasteiger partial charge in [-0.1, -0.05) is 24.3 Å². The van der Waals surface area contributed by atoms with Gasteiger partial charge in [-0.3, -0.25) is 0 Å². The van der Waals surface area contributed by atoms with Crippen molar-refractivity contribution >= 4 is 10.0 Å². The molecular formula is C8H13N2O2S+. The zero-order chi connectivity index (χ0) is 9.90. The summed E-state index contributed by atoms with van der Waals surface area (Å²) in [6.07, 6.45) is 0. The lowest BCUT2D eigenvalue weighted by molar-refractivity contribution is -0.386. The zero-order valence-electron chi connectivity index (χ0n) is 7.23. The second-order valence-electron chi connectivity index (χ2n) is 2.87. The molecule has 4 nitrogen and oxygen atoms in total. The molecule has 0 unspecified atom stereocenters. The minimum atomic E-state index is -3.41. The summed E-state index contributed by atoms with van der Waals surface area (Å²) in [5.41, 5.74) is 5.51. The molecule has 13 heavy (non-hydrogen) atoms. The van der Waals surface area contributed by atoms with Crippen LogP contribution in [0.5, 0.6) is 0 Å². The van der Waals surface area contributed by atoms with E-state index in [0.29, 0.717) is 12.1 Å². The van der Waals surface area contributed by atoms with E-state index >= 15 is 0 Å². The van der Waals surface area contributed by atoms with E-state index in [9.17, 15) is 8.42 Å². The molecule has 1 aromatic carbocycles. The molecule has 5 N–H and O–H groups in total. The molecule has 1 aromatic rings. The molecule has 0 spiro atoms. The average molecular weight is 201 g/mol. The van der Waals surface area contributed by atoms with E-state index in [4.69, 9.17) is 5.14 Å². The molecule has 0 radical (unpaired) electrons. The molecule has 1 rings (SSSR count). The Labute approximate surface area is 77.6 Å². The molecule has 0 aliphatic rings. The highest BCUT2D eigenvalue weighted by Gasteiger charge is 2.04. The Hall–Kier alpha value is -0.910. The van der Waals surface area contributed by atoms with Crippen LogP contribution in [0.25, 0.3) is 0 Å². The summed E-state index contributed by atoms with van der Waals surface area (Å²) in [5, 5.41) is 4.90. The van der Waals surface area contributed by atoms with Gasteiger partial charge in [0.25, 0.3) is 0 Å². The Morgan fingerprint density at radius 2 is 1.62 bits per heavy atom. The Morgan fingerprint density at radius 3 is 2.00 bits per heavy atom. The first kappa shape index (κ1) is 10.2. The minimum absolute atomic E-state index is 0.107. The quantitative estimate of drug-likeness (QED) is 0.671. The molecule has 0 atom stereocenters. The zero-order valence-corrected chi connectivity index (χ0v) is 8.05. The Balaban J connectivity index is 2.81. The molecular weight excluding hydrogens is 188 g/mol. The van der Waals surface area contributed by atoms with Crippen LogP contribution in [0, 0.1) is 0 Å². The van der Waals surface area contributed by atoms with Crippen LogP contribution in [-0.4, -0.2) is 8.42 Å². The van der Waals surface area contributed by atoms with Gasteiger partial charge >= 0.3 is 0 Å². The van der Waals surface area contributed by atoms with Crippen molar-refractivity contribution in [3.63, 3.8) is 0 Å². The predicted octanol–water partition coefficient (Wildman–Crippen LogP) is -0.783. The minimum Gasteiger partial charge on any atom is -0.354 e. The molecule has 0 bridgehead atoms. The molecule has 0 amide bonds. The van der Waals surface area contributed by atoms with Crippen LogP contribution in [0.4, 0.5) is 0 Å². The van der Waals surface area contributed by atoms with Gasteiger partial charge in [0.15, 0.2) is 0 Å². The van der Waals surface area contributed by atoms with Crippen molar-refractivity contribution in [2.45, 2.75) is 12.3 Å². The van der Waals surface area contributed by atoms with Crippen LogP contribution >= 0.6 is 0 Å². The van der Waals surface area contributed by atoms with E-state index in [1.165, 1.54) is 0 Å². The lowest BCUT2D eigenvalue weighted by Crippen LogP contribution is -2.47. The molecule has 0 saturated carbocycles. The third-order valence-electron chi connectivity index (χ3n) is 1.68. The fraction of sp³-hybridized carbons (Fsp3) is 0.250. The summed E-state index contributed by atoms with van der Waals surface area (Å²) < 4.78 is 21.4. The van der Waals surface area contributed by atoms with E-state index in [2.05, 4.69) is 5.73 Å². The third kappa shape index (κ3) is 3.54. The summed E-state index contributed by atoms with van der Waals surface area (Å²) in [7, 11) is -3.41. The maximum Gasteiger partial charge on any atom is 0.213 e. The van der Waals surface area contributed by atoms with E-state index < -0.39 is 10.0 Å². The fourth-order valence-electron chi connectivity index (χ4n) is 1.03. The van der Waals surface area contributed by atoms with Gasteiger partial charge < -0.3 is 5.73 Å². The van der Waals surface area contributed by atoms with Gasteiger partial charge in [-0.2, -0.15) is 0 Å². The van der Waals surface area contributed by atoms with E-state index in [0.717, 1.165) is 5.56 Å². The maximum atomic E-state index is 10.7. The van der Waals surface area contributed by atoms with Crippen molar-refractivity contribution in [3.8, 4) is 0 Å². The maximum absolute atomic E-state index is 10.7. The molecule has 0 aliphatic heterocycles. The largest absolute Gasteiger partial charge is 0.354 e. The summed E-state index contributed by atoms with van der Waals surface area (Å²) in [5.74, 6) is -0.107. The van der Waals surface area contributed by atoms with Gasteiger partial charge in [-0.05, 0) is 5.56 Å². The van der Waals surface area contributed by atoms with Gasteiger partial charge in [0.2, 0.25) is 10.0 Å². The lowest BCUT2D eigenvalue weighted by Gasteiger charge is -1.99. The van der Waals surface area contributed by atoms with Crippen LogP contribution in [-0.2, 0) is 22.3 Å². The number of primary sulfonamides is 1. The highest BCUT2D eigenvalue weighted by Crippen LogP contribution is 2.05. The highest BCUT2D eigenvalue weighted by atomic mass is 32.2. The van der Waals surface area contributed by atoms with Crippen molar-refractivity contribution in [3.05, 3.63) is 35.4 Å². The van der Waals surface area contributed by atoms with Crippen molar-refractivity contribution in [1.82, 2.24) is 0 Å². The molecule has 0 saturated heterocycles. The molecule has 0 aliphatic carbocycles. The normalized spacial score (nSPS) is 11.5. The second kappa shape index (κ2) is 3.87. The van der Waals surface area contributed by atoms with Crippen molar-refractivity contribution in [1.29, 1.82) is 0 Å². The van der Waals surface area contributed by atoms with Crippen LogP contribution < -0.4 is 10.9 Å².